The number of carbonyl (C=O) groups is 2. The van der Waals surface area contributed by atoms with E-state index in [0.29, 0.717) is 29.5 Å². The lowest BCUT2D eigenvalue weighted by atomic mass is 9.71. The van der Waals surface area contributed by atoms with Crippen LogP contribution in [0.5, 0.6) is 0 Å². The number of carbonyl (C=O) groups excluding carboxylic acids is 2. The number of ether oxygens (including phenoxy) is 3. The molecule has 4 rings (SSSR count). The van der Waals surface area contributed by atoms with Crippen LogP contribution in [0.25, 0.3) is 0 Å². The summed E-state index contributed by atoms with van der Waals surface area (Å²) in [5.41, 5.74) is -1.54. The molecular weight excluding hydrogens is 405 g/mol. The lowest BCUT2D eigenvalue weighted by Gasteiger charge is -2.53. The third-order valence-corrected chi connectivity index (χ3v) is 6.57. The fourth-order valence-electron chi connectivity index (χ4n) is 4.63. The number of nitrogens with one attached hydrogen (secondary N) is 1. The molecule has 8 heteroatoms. The molecule has 2 saturated heterocycles. The lowest BCUT2D eigenvalue weighted by Crippen LogP contribution is -2.72. The summed E-state index contributed by atoms with van der Waals surface area (Å²) in [7, 11) is 0. The van der Waals surface area contributed by atoms with E-state index in [1.807, 2.05) is 13.0 Å². The van der Waals surface area contributed by atoms with Gasteiger partial charge in [0.1, 0.15) is 0 Å². The van der Waals surface area contributed by atoms with Crippen molar-refractivity contribution in [3.8, 4) is 0 Å². The number of hydrogen-bond donors (Lipinski definition) is 1. The minimum atomic E-state index is -1.23. The Morgan fingerprint density at radius 1 is 1.18 bits per heavy atom. The van der Waals surface area contributed by atoms with Gasteiger partial charge in [-0.25, -0.2) is 9.59 Å². The molecule has 3 aliphatic heterocycles. The van der Waals surface area contributed by atoms with E-state index in [0.717, 1.165) is 24.1 Å². The van der Waals surface area contributed by atoms with Crippen LogP contribution in [0.15, 0.2) is 30.4 Å². The van der Waals surface area contributed by atoms with E-state index in [1.54, 1.807) is 12.1 Å². The van der Waals surface area contributed by atoms with Crippen molar-refractivity contribution in [2.75, 3.05) is 13.2 Å². The molecule has 2 bridgehead atoms. The lowest BCUT2D eigenvalue weighted by molar-refractivity contribution is -0.244. The quantitative estimate of drug-likeness (QED) is 0.745. The van der Waals surface area contributed by atoms with Gasteiger partial charge in [-0.1, -0.05) is 29.3 Å². The van der Waals surface area contributed by atoms with E-state index in [1.165, 1.54) is 0 Å². The zero-order valence-corrected chi connectivity index (χ0v) is 16.9. The Hall–Kier alpha value is -1.60. The van der Waals surface area contributed by atoms with Crippen LogP contribution in [0.2, 0.25) is 10.0 Å². The van der Waals surface area contributed by atoms with Crippen molar-refractivity contribution in [1.82, 2.24) is 5.32 Å². The molecule has 6 nitrogen and oxygen atoms in total. The number of hydrogen-bond acceptors (Lipinski definition) is 6. The molecule has 0 aliphatic carbocycles. The van der Waals surface area contributed by atoms with E-state index < -0.39 is 23.3 Å². The molecule has 2 fully saturated rings. The van der Waals surface area contributed by atoms with Gasteiger partial charge in [0.05, 0.1) is 16.7 Å². The monoisotopic (exact) mass is 425 g/mol. The minimum absolute atomic E-state index is 0.0843. The smallest absolute Gasteiger partial charge is 0.332 e. The van der Waals surface area contributed by atoms with Gasteiger partial charge in [0.2, 0.25) is 5.72 Å². The second-order valence-corrected chi connectivity index (χ2v) is 8.19. The summed E-state index contributed by atoms with van der Waals surface area (Å²) in [6.07, 6.45) is 4.19. The fraction of sp³-hybridized carbons (Fsp3) is 0.500. The first-order valence-corrected chi connectivity index (χ1v) is 10.1. The second-order valence-electron chi connectivity index (χ2n) is 7.37. The van der Waals surface area contributed by atoms with Crippen molar-refractivity contribution >= 4 is 35.1 Å². The van der Waals surface area contributed by atoms with E-state index >= 15 is 0 Å². The van der Waals surface area contributed by atoms with Crippen molar-refractivity contribution in [2.24, 2.45) is 0 Å². The zero-order valence-electron chi connectivity index (χ0n) is 15.4. The zero-order chi connectivity index (χ0) is 19.9. The third kappa shape index (κ3) is 3.12. The van der Waals surface area contributed by atoms with E-state index in [2.05, 4.69) is 5.32 Å². The molecule has 0 unspecified atom stereocenters. The normalized spacial score (nSPS) is 35.4. The first-order valence-electron chi connectivity index (χ1n) is 9.33. The predicted molar refractivity (Wildman–Crippen MR) is 103 cm³/mol. The molecule has 0 amide bonds. The topological polar surface area (TPSA) is 73.9 Å². The van der Waals surface area contributed by atoms with Gasteiger partial charge in [-0.2, -0.15) is 0 Å². The van der Waals surface area contributed by atoms with Crippen molar-refractivity contribution in [2.45, 2.75) is 49.5 Å². The Morgan fingerprint density at radius 2 is 1.93 bits per heavy atom. The highest BCUT2D eigenvalue weighted by molar-refractivity contribution is 6.42. The van der Waals surface area contributed by atoms with Gasteiger partial charge >= 0.3 is 11.9 Å². The molecule has 3 aliphatic rings. The van der Waals surface area contributed by atoms with Crippen molar-refractivity contribution in [3.05, 3.63) is 46.0 Å². The van der Waals surface area contributed by atoms with Crippen LogP contribution in [0.1, 0.15) is 37.7 Å². The Labute approximate surface area is 173 Å². The maximum absolute atomic E-state index is 12.5. The van der Waals surface area contributed by atoms with Crippen LogP contribution >= 0.6 is 23.2 Å². The number of esters is 2. The van der Waals surface area contributed by atoms with Crippen LogP contribution in [-0.2, 0) is 23.8 Å². The van der Waals surface area contributed by atoms with Gasteiger partial charge in [-0.15, -0.1) is 0 Å². The third-order valence-electron chi connectivity index (χ3n) is 5.83. The van der Waals surface area contributed by atoms with Crippen LogP contribution in [-0.4, -0.2) is 42.5 Å². The maximum atomic E-state index is 12.5. The average molecular weight is 426 g/mol. The van der Waals surface area contributed by atoms with Crippen LogP contribution in [0.4, 0.5) is 0 Å². The summed E-state index contributed by atoms with van der Waals surface area (Å²) in [6, 6.07) is 5.49. The fourth-order valence-corrected chi connectivity index (χ4v) is 4.94. The van der Waals surface area contributed by atoms with E-state index in [9.17, 15) is 9.59 Å². The summed E-state index contributed by atoms with van der Waals surface area (Å²) in [5.74, 6) is -1.47. The largest absolute Gasteiger partial charge is 0.447 e. The Kier molecular flexibility index (Phi) is 5.16. The highest BCUT2D eigenvalue weighted by Crippen LogP contribution is 2.54. The van der Waals surface area contributed by atoms with Gasteiger partial charge in [0.15, 0.2) is 5.60 Å². The Bertz CT molecular complexity index is 844. The summed E-state index contributed by atoms with van der Waals surface area (Å²) in [5, 5.41) is 4.27. The molecule has 1 aromatic carbocycles. The van der Waals surface area contributed by atoms with Crippen molar-refractivity contribution < 1.29 is 23.8 Å². The SMILES string of the molecule is CCOC[C@]12OC(=O)/C=C/C(=O)O[C@@]13CC[C@H](C[C@@H]2c1ccc(Cl)c(Cl)c1)N3. The molecule has 3 heterocycles. The molecule has 28 heavy (non-hydrogen) atoms. The summed E-state index contributed by atoms with van der Waals surface area (Å²) in [4.78, 5) is 24.9. The molecule has 0 saturated carbocycles. The van der Waals surface area contributed by atoms with Gasteiger partial charge in [0.25, 0.3) is 0 Å². The van der Waals surface area contributed by atoms with Crippen molar-refractivity contribution in [3.63, 3.8) is 0 Å². The molecular formula is C20H21Cl2NO5. The molecule has 1 spiro atoms. The van der Waals surface area contributed by atoms with Gasteiger partial charge in [-0.3, -0.25) is 5.32 Å². The first kappa shape index (κ1) is 19.7. The van der Waals surface area contributed by atoms with Crippen LogP contribution < -0.4 is 5.32 Å². The van der Waals surface area contributed by atoms with E-state index in [-0.39, 0.29) is 18.6 Å². The number of halogens is 2. The highest BCUT2D eigenvalue weighted by atomic mass is 35.5. The molecule has 0 radical (unpaired) electrons. The second kappa shape index (κ2) is 7.34. The standard InChI is InChI=1S/C20H21Cl2NO5/c1-2-26-11-19-14(12-3-4-15(21)16(22)9-12)10-13-7-8-20(19,23-13)28-18(25)6-5-17(24)27-19/h3-6,9,13-14,23H,2,7-8,10-11H2,1H3/b6-5+/t13-,14-,19-,20+/m1/s1. The van der Waals surface area contributed by atoms with Gasteiger partial charge < -0.3 is 14.2 Å². The number of benzene rings is 1. The minimum Gasteiger partial charge on any atom is -0.447 e. The Morgan fingerprint density at radius 3 is 2.64 bits per heavy atom. The molecule has 1 N–H and O–H groups in total. The number of fused-ring (bicyclic) bond motifs is 1. The highest BCUT2D eigenvalue weighted by Gasteiger charge is 2.68. The molecule has 4 atom stereocenters. The molecule has 1 aromatic rings. The number of rotatable bonds is 4. The first-order chi connectivity index (χ1) is 13.4. The molecule has 150 valence electrons. The Balaban J connectivity index is 1.89. The van der Waals surface area contributed by atoms with Crippen LogP contribution in [0.3, 0.4) is 0 Å². The summed E-state index contributed by atoms with van der Waals surface area (Å²) < 4.78 is 17.7. The predicted octanol–water partition coefficient (Wildman–Crippen LogP) is 3.36. The van der Waals surface area contributed by atoms with Gasteiger partial charge in [-0.05, 0) is 37.5 Å². The molecule has 0 aromatic heterocycles. The van der Waals surface area contributed by atoms with Crippen molar-refractivity contribution in [1.29, 1.82) is 0 Å². The average Bonchev–Trinajstić information content (AvgIpc) is 3.02. The maximum Gasteiger partial charge on any atom is 0.332 e. The summed E-state index contributed by atoms with van der Waals surface area (Å²) in [6.45, 7) is 2.37. The van der Waals surface area contributed by atoms with Crippen LogP contribution in [0, 0.1) is 0 Å². The van der Waals surface area contributed by atoms with Gasteiger partial charge in [0, 0.05) is 37.1 Å². The summed E-state index contributed by atoms with van der Waals surface area (Å²) >= 11 is 12.4. The van der Waals surface area contributed by atoms with E-state index in [4.69, 9.17) is 37.4 Å². The number of piperidine rings is 1.